The molecular formula is C24H27N3O3. The average Bonchev–Trinajstić information content (AvgIpc) is 3.27. The van der Waals surface area contributed by atoms with Crippen LogP contribution in [0, 0.1) is 6.92 Å². The monoisotopic (exact) mass is 405 g/mol. The van der Waals surface area contributed by atoms with Crippen molar-refractivity contribution in [1.82, 2.24) is 4.90 Å². The zero-order chi connectivity index (χ0) is 21.1. The molecule has 0 saturated carbocycles. The summed E-state index contributed by atoms with van der Waals surface area (Å²) in [4.78, 5) is 17.3. The molecule has 2 aromatic carbocycles. The van der Waals surface area contributed by atoms with E-state index in [4.69, 9.17) is 4.42 Å². The Morgan fingerprint density at radius 3 is 2.70 bits per heavy atom. The molecule has 1 aliphatic rings. The standard InChI is InChI=1S/C24H27N3O3/c1-3-26(12-13-28)18-10-11-20(17(2)15-18)23-25-22-9-5-4-8-21(22)24(29)27(23)16-19-7-6-14-30-19/h4-11,14-15,23,25,28H,3,12-13,16H2,1-2H3/t23-/m0/s1. The van der Waals surface area contributed by atoms with E-state index in [0.29, 0.717) is 18.7 Å². The highest BCUT2D eigenvalue weighted by molar-refractivity contribution is 6.01. The molecule has 1 aromatic heterocycles. The number of hydrogen-bond donors (Lipinski definition) is 2. The Balaban J connectivity index is 1.72. The number of aliphatic hydroxyl groups excluding tert-OH is 1. The van der Waals surface area contributed by atoms with Gasteiger partial charge in [-0.2, -0.15) is 0 Å². The molecule has 0 spiro atoms. The van der Waals surface area contributed by atoms with Crippen molar-refractivity contribution in [2.75, 3.05) is 29.9 Å². The van der Waals surface area contributed by atoms with Crippen LogP contribution in [0.15, 0.2) is 65.3 Å². The Morgan fingerprint density at radius 1 is 1.17 bits per heavy atom. The van der Waals surface area contributed by atoms with Crippen molar-refractivity contribution in [1.29, 1.82) is 0 Å². The maximum absolute atomic E-state index is 13.4. The number of aliphatic hydroxyl groups is 1. The summed E-state index contributed by atoms with van der Waals surface area (Å²) in [6.45, 7) is 6.03. The first-order valence-corrected chi connectivity index (χ1v) is 10.3. The van der Waals surface area contributed by atoms with E-state index in [1.165, 1.54) is 0 Å². The Bertz CT molecular complexity index is 1020. The van der Waals surface area contributed by atoms with E-state index in [1.807, 2.05) is 41.3 Å². The number of benzene rings is 2. The van der Waals surface area contributed by atoms with E-state index >= 15 is 0 Å². The fourth-order valence-electron chi connectivity index (χ4n) is 4.03. The van der Waals surface area contributed by atoms with Crippen molar-refractivity contribution in [3.8, 4) is 0 Å². The normalized spacial score (nSPS) is 15.6. The van der Waals surface area contributed by atoms with E-state index in [2.05, 4.69) is 42.3 Å². The zero-order valence-corrected chi connectivity index (χ0v) is 17.3. The minimum absolute atomic E-state index is 0.0234. The zero-order valence-electron chi connectivity index (χ0n) is 17.3. The number of hydrogen-bond acceptors (Lipinski definition) is 5. The number of aryl methyl sites for hydroxylation is 1. The number of nitrogens with one attached hydrogen (secondary N) is 1. The van der Waals surface area contributed by atoms with Crippen molar-refractivity contribution < 1.29 is 14.3 Å². The van der Waals surface area contributed by atoms with Gasteiger partial charge in [-0.1, -0.05) is 18.2 Å². The fraction of sp³-hybridized carbons (Fsp3) is 0.292. The quantitative estimate of drug-likeness (QED) is 0.617. The van der Waals surface area contributed by atoms with Crippen LogP contribution < -0.4 is 10.2 Å². The molecule has 4 rings (SSSR count). The lowest BCUT2D eigenvalue weighted by atomic mass is 9.99. The molecule has 1 amide bonds. The van der Waals surface area contributed by atoms with Crippen molar-refractivity contribution in [3.05, 3.63) is 83.3 Å². The van der Waals surface area contributed by atoms with Crippen LogP contribution in [0.3, 0.4) is 0 Å². The number of carbonyl (C=O) groups is 1. The first kappa shape index (κ1) is 20.0. The smallest absolute Gasteiger partial charge is 0.258 e. The van der Waals surface area contributed by atoms with Gasteiger partial charge in [-0.05, 0) is 61.4 Å². The Morgan fingerprint density at radius 2 is 2.00 bits per heavy atom. The molecule has 1 aliphatic heterocycles. The third kappa shape index (κ3) is 3.78. The van der Waals surface area contributed by atoms with Crippen LogP contribution in [-0.2, 0) is 6.54 Å². The number of furan rings is 1. The molecule has 30 heavy (non-hydrogen) atoms. The van der Waals surface area contributed by atoms with E-state index in [1.54, 1.807) is 6.26 Å². The Labute approximate surface area is 176 Å². The number of para-hydroxylation sites is 1. The van der Waals surface area contributed by atoms with E-state index in [0.717, 1.165) is 34.8 Å². The lowest BCUT2D eigenvalue weighted by Crippen LogP contribution is -2.42. The molecule has 0 saturated heterocycles. The van der Waals surface area contributed by atoms with Gasteiger partial charge in [0.15, 0.2) is 0 Å². The first-order valence-electron chi connectivity index (χ1n) is 10.3. The Hall–Kier alpha value is -3.25. The maximum atomic E-state index is 13.4. The van der Waals surface area contributed by atoms with Gasteiger partial charge in [0.2, 0.25) is 0 Å². The summed E-state index contributed by atoms with van der Waals surface area (Å²) in [5.41, 5.74) is 4.68. The highest BCUT2D eigenvalue weighted by Crippen LogP contribution is 2.36. The SMILES string of the molecule is CCN(CCO)c1ccc([C@H]2Nc3ccccc3C(=O)N2Cc2ccco2)c(C)c1. The van der Waals surface area contributed by atoms with Crippen LogP contribution in [0.2, 0.25) is 0 Å². The lowest BCUT2D eigenvalue weighted by Gasteiger charge is -2.38. The molecule has 6 heteroatoms. The Kier molecular flexibility index (Phi) is 5.77. The van der Waals surface area contributed by atoms with Crippen molar-refractivity contribution in [2.24, 2.45) is 0 Å². The number of carbonyl (C=O) groups excluding carboxylic acids is 1. The lowest BCUT2D eigenvalue weighted by molar-refractivity contribution is 0.0651. The molecule has 0 aliphatic carbocycles. The molecule has 156 valence electrons. The van der Waals surface area contributed by atoms with Gasteiger partial charge in [0.1, 0.15) is 11.9 Å². The van der Waals surface area contributed by atoms with Gasteiger partial charge in [-0.25, -0.2) is 0 Å². The number of rotatable bonds is 7. The molecule has 6 nitrogen and oxygen atoms in total. The first-order chi connectivity index (χ1) is 14.6. The van der Waals surface area contributed by atoms with Gasteiger partial charge in [0.25, 0.3) is 5.91 Å². The van der Waals surface area contributed by atoms with Crippen LogP contribution >= 0.6 is 0 Å². The number of nitrogens with zero attached hydrogens (tertiary/aromatic N) is 2. The molecule has 3 aromatic rings. The van der Waals surface area contributed by atoms with Crippen LogP contribution in [-0.4, -0.2) is 35.6 Å². The summed E-state index contributed by atoms with van der Waals surface area (Å²) < 4.78 is 5.53. The van der Waals surface area contributed by atoms with Crippen LogP contribution in [0.1, 0.15) is 40.3 Å². The van der Waals surface area contributed by atoms with E-state index < -0.39 is 0 Å². The summed E-state index contributed by atoms with van der Waals surface area (Å²) in [5.74, 6) is 0.716. The molecule has 2 heterocycles. The van der Waals surface area contributed by atoms with Gasteiger partial charge in [-0.3, -0.25) is 4.79 Å². The van der Waals surface area contributed by atoms with Gasteiger partial charge in [-0.15, -0.1) is 0 Å². The van der Waals surface area contributed by atoms with E-state index in [-0.39, 0.29) is 18.7 Å². The van der Waals surface area contributed by atoms with Crippen molar-refractivity contribution >= 4 is 17.3 Å². The third-order valence-electron chi connectivity index (χ3n) is 5.59. The summed E-state index contributed by atoms with van der Waals surface area (Å²) >= 11 is 0. The minimum atomic E-state index is -0.306. The largest absolute Gasteiger partial charge is 0.467 e. The van der Waals surface area contributed by atoms with Gasteiger partial charge >= 0.3 is 0 Å². The third-order valence-corrected chi connectivity index (χ3v) is 5.59. The fourth-order valence-corrected chi connectivity index (χ4v) is 4.03. The predicted octanol–water partition coefficient (Wildman–Crippen LogP) is 4.17. The van der Waals surface area contributed by atoms with E-state index in [9.17, 15) is 9.90 Å². The maximum Gasteiger partial charge on any atom is 0.258 e. The van der Waals surface area contributed by atoms with Crippen LogP contribution in [0.4, 0.5) is 11.4 Å². The summed E-state index contributed by atoms with van der Waals surface area (Å²) in [6, 6.07) is 17.6. The summed E-state index contributed by atoms with van der Waals surface area (Å²) in [6.07, 6.45) is 1.32. The second-order valence-electron chi connectivity index (χ2n) is 7.45. The topological polar surface area (TPSA) is 69.0 Å². The molecule has 0 radical (unpaired) electrons. The van der Waals surface area contributed by atoms with Crippen molar-refractivity contribution in [2.45, 2.75) is 26.6 Å². The van der Waals surface area contributed by atoms with Gasteiger partial charge < -0.3 is 24.6 Å². The van der Waals surface area contributed by atoms with Gasteiger partial charge in [0, 0.05) is 24.5 Å². The highest BCUT2D eigenvalue weighted by Gasteiger charge is 2.34. The van der Waals surface area contributed by atoms with Crippen LogP contribution in [0.5, 0.6) is 0 Å². The summed E-state index contributed by atoms with van der Waals surface area (Å²) in [7, 11) is 0. The number of likely N-dealkylation sites (N-methyl/N-ethyl adjacent to an activating group) is 1. The number of fused-ring (bicyclic) bond motifs is 1. The molecule has 0 bridgehead atoms. The molecule has 0 fully saturated rings. The average molecular weight is 405 g/mol. The van der Waals surface area contributed by atoms with Crippen molar-refractivity contribution in [3.63, 3.8) is 0 Å². The summed E-state index contributed by atoms with van der Waals surface area (Å²) in [5, 5.41) is 12.9. The number of anilines is 2. The molecule has 0 unspecified atom stereocenters. The van der Waals surface area contributed by atoms with Crippen LogP contribution in [0.25, 0.3) is 0 Å². The molecular weight excluding hydrogens is 378 g/mol. The predicted molar refractivity (Wildman–Crippen MR) is 118 cm³/mol. The van der Waals surface area contributed by atoms with Gasteiger partial charge in [0.05, 0.1) is 25.0 Å². The molecule has 1 atom stereocenters. The second-order valence-corrected chi connectivity index (χ2v) is 7.45. The number of amides is 1. The highest BCUT2D eigenvalue weighted by atomic mass is 16.3. The minimum Gasteiger partial charge on any atom is -0.467 e. The second kappa shape index (κ2) is 8.63. The molecule has 2 N–H and O–H groups in total.